The maximum absolute atomic E-state index is 12.8. The Kier molecular flexibility index (Phi) is 4.69. The largest absolute Gasteiger partial charge is 0.326 e. The summed E-state index contributed by atoms with van der Waals surface area (Å²) >= 11 is 1.47. The van der Waals surface area contributed by atoms with E-state index in [1.54, 1.807) is 0 Å². The van der Waals surface area contributed by atoms with E-state index in [4.69, 9.17) is 0 Å². The van der Waals surface area contributed by atoms with Crippen LogP contribution < -0.4 is 10.6 Å². The van der Waals surface area contributed by atoms with Crippen LogP contribution in [0.25, 0.3) is 11.3 Å². The lowest BCUT2D eigenvalue weighted by Crippen LogP contribution is -2.47. The molecule has 6 rings (SSSR count). The summed E-state index contributed by atoms with van der Waals surface area (Å²) in [4.78, 5) is 28.6. The molecule has 2 N–H and O–H groups in total. The Morgan fingerprint density at radius 3 is 2.24 bits per heavy atom. The molecule has 4 aliphatic rings. The van der Waals surface area contributed by atoms with Crippen LogP contribution in [0.1, 0.15) is 51.9 Å². The lowest BCUT2D eigenvalue weighted by Gasteiger charge is -2.56. The molecule has 1 heterocycles. The van der Waals surface area contributed by atoms with Crippen molar-refractivity contribution in [3.63, 3.8) is 0 Å². The number of benzene rings is 1. The second-order valence-corrected chi connectivity index (χ2v) is 10.3. The topological polar surface area (TPSA) is 71.1 Å². The molecule has 0 radical (unpaired) electrons. The highest BCUT2D eigenvalue weighted by Gasteiger charge is 2.51. The van der Waals surface area contributed by atoms with E-state index in [0.717, 1.165) is 34.7 Å². The third kappa shape index (κ3) is 3.95. The van der Waals surface area contributed by atoms with Gasteiger partial charge in [-0.2, -0.15) is 0 Å². The first-order valence-electron chi connectivity index (χ1n) is 10.6. The molecule has 2 aromatic rings. The van der Waals surface area contributed by atoms with E-state index in [2.05, 4.69) is 15.6 Å². The Balaban J connectivity index is 1.22. The number of nitrogens with one attached hydrogen (secondary N) is 2. The molecular weight excluding hydrogens is 382 g/mol. The number of hydrogen-bond donors (Lipinski definition) is 2. The first-order valence-corrected chi connectivity index (χ1v) is 11.5. The second-order valence-electron chi connectivity index (χ2n) is 9.44. The highest BCUT2D eigenvalue weighted by Crippen LogP contribution is 2.61. The number of rotatable bonds is 5. The van der Waals surface area contributed by atoms with E-state index in [9.17, 15) is 9.59 Å². The van der Waals surface area contributed by atoms with Crippen molar-refractivity contribution >= 4 is 34.0 Å². The highest BCUT2D eigenvalue weighted by atomic mass is 32.1. The minimum atomic E-state index is -0.0876. The maximum Gasteiger partial charge on any atom is 0.226 e. The van der Waals surface area contributed by atoms with E-state index in [-0.39, 0.29) is 17.2 Å². The first kappa shape index (κ1) is 18.8. The molecule has 0 unspecified atom stereocenters. The van der Waals surface area contributed by atoms with Crippen molar-refractivity contribution in [1.29, 1.82) is 0 Å². The molecule has 0 aliphatic heterocycles. The van der Waals surface area contributed by atoms with Gasteiger partial charge in [0.05, 0.1) is 5.69 Å². The lowest BCUT2D eigenvalue weighted by molar-refractivity contribution is -0.124. The summed E-state index contributed by atoms with van der Waals surface area (Å²) in [6.07, 6.45) is 8.59. The lowest BCUT2D eigenvalue weighted by atomic mass is 9.49. The normalized spacial score (nSPS) is 29.6. The van der Waals surface area contributed by atoms with Gasteiger partial charge in [0.15, 0.2) is 5.13 Å². The maximum atomic E-state index is 12.8. The summed E-state index contributed by atoms with van der Waals surface area (Å²) in [5.41, 5.74) is 2.82. The van der Waals surface area contributed by atoms with E-state index < -0.39 is 0 Å². The van der Waals surface area contributed by atoms with E-state index >= 15 is 0 Å². The Morgan fingerprint density at radius 2 is 1.66 bits per heavy atom. The third-order valence-corrected chi connectivity index (χ3v) is 7.71. The summed E-state index contributed by atoms with van der Waals surface area (Å²) in [5.74, 6) is 2.62. The quantitative estimate of drug-likeness (QED) is 0.703. The molecule has 2 amide bonds. The summed E-state index contributed by atoms with van der Waals surface area (Å²) in [6, 6.07) is 7.59. The number of nitrogens with zero attached hydrogens (tertiary/aromatic N) is 1. The van der Waals surface area contributed by atoms with Gasteiger partial charge in [-0.25, -0.2) is 4.98 Å². The molecule has 0 atom stereocenters. The molecule has 1 aromatic heterocycles. The fourth-order valence-electron chi connectivity index (χ4n) is 6.40. The van der Waals surface area contributed by atoms with Crippen LogP contribution >= 0.6 is 11.3 Å². The first-order chi connectivity index (χ1) is 14.0. The number of amides is 2. The number of carbonyl (C=O) groups excluding carboxylic acids is 2. The van der Waals surface area contributed by atoms with Crippen molar-refractivity contribution in [3.05, 3.63) is 29.6 Å². The summed E-state index contributed by atoms with van der Waals surface area (Å²) in [6.45, 7) is 1.49. The van der Waals surface area contributed by atoms with Gasteiger partial charge in [0, 0.05) is 30.0 Å². The van der Waals surface area contributed by atoms with Crippen molar-refractivity contribution < 1.29 is 9.59 Å². The van der Waals surface area contributed by atoms with Gasteiger partial charge in [0.2, 0.25) is 11.8 Å². The predicted octanol–water partition coefficient (Wildman–Crippen LogP) is 5.31. The van der Waals surface area contributed by atoms with Crippen LogP contribution in [0.4, 0.5) is 10.8 Å². The van der Waals surface area contributed by atoms with Gasteiger partial charge >= 0.3 is 0 Å². The molecule has 29 heavy (non-hydrogen) atoms. The van der Waals surface area contributed by atoms with Gasteiger partial charge in [-0.15, -0.1) is 11.3 Å². The SMILES string of the molecule is CC(=O)Nc1ccc(-c2csc(NC(=O)CC34CC5CC(CC(C5)C3)C4)n2)cc1. The number of hydrogen-bond acceptors (Lipinski definition) is 4. The molecule has 4 saturated carbocycles. The Bertz CT molecular complexity index is 899. The Labute approximate surface area is 175 Å². The number of anilines is 2. The predicted molar refractivity (Wildman–Crippen MR) is 116 cm³/mol. The fraction of sp³-hybridized carbons (Fsp3) is 0.522. The summed E-state index contributed by atoms with van der Waals surface area (Å²) < 4.78 is 0. The number of aromatic nitrogens is 1. The minimum absolute atomic E-state index is 0.0876. The van der Waals surface area contributed by atoms with Crippen LogP contribution in [0.15, 0.2) is 29.6 Å². The zero-order valence-corrected chi connectivity index (χ0v) is 17.6. The highest BCUT2D eigenvalue weighted by molar-refractivity contribution is 7.14. The average molecular weight is 410 g/mol. The van der Waals surface area contributed by atoms with Crippen LogP contribution in [-0.2, 0) is 9.59 Å². The zero-order chi connectivity index (χ0) is 20.0. The molecule has 4 bridgehead atoms. The van der Waals surface area contributed by atoms with Crippen LogP contribution in [-0.4, -0.2) is 16.8 Å². The van der Waals surface area contributed by atoms with E-state index in [1.165, 1.54) is 56.8 Å². The smallest absolute Gasteiger partial charge is 0.226 e. The van der Waals surface area contributed by atoms with Gasteiger partial charge in [0.1, 0.15) is 0 Å². The molecular formula is C23H27N3O2S. The monoisotopic (exact) mass is 409 g/mol. The number of thiazole rings is 1. The number of carbonyl (C=O) groups is 2. The fourth-order valence-corrected chi connectivity index (χ4v) is 7.14. The van der Waals surface area contributed by atoms with Crippen molar-refractivity contribution in [2.45, 2.75) is 51.9 Å². The summed E-state index contributed by atoms with van der Waals surface area (Å²) in [7, 11) is 0. The van der Waals surface area contributed by atoms with E-state index in [1.807, 2.05) is 29.6 Å². The van der Waals surface area contributed by atoms with Gasteiger partial charge in [-0.05, 0) is 73.8 Å². The molecule has 1 aromatic carbocycles. The second kappa shape index (κ2) is 7.24. The Hall–Kier alpha value is -2.21. The van der Waals surface area contributed by atoms with Crippen LogP contribution in [0.2, 0.25) is 0 Å². The van der Waals surface area contributed by atoms with Gasteiger partial charge in [-0.3, -0.25) is 9.59 Å². The van der Waals surface area contributed by atoms with Crippen molar-refractivity contribution in [3.8, 4) is 11.3 Å². The standard InChI is InChI=1S/C23H27N3O2S/c1-14(27)24-19-4-2-18(3-5-19)20-13-29-22(25-20)26-21(28)12-23-9-15-6-16(10-23)8-17(7-15)11-23/h2-5,13,15-17H,6-12H2,1H3,(H,24,27)(H,25,26,28). The van der Waals surface area contributed by atoms with E-state index in [0.29, 0.717) is 11.6 Å². The average Bonchev–Trinajstić information content (AvgIpc) is 3.08. The summed E-state index contributed by atoms with van der Waals surface area (Å²) in [5, 5.41) is 8.45. The minimum Gasteiger partial charge on any atom is -0.326 e. The van der Waals surface area contributed by atoms with Crippen molar-refractivity contribution in [1.82, 2.24) is 4.98 Å². The van der Waals surface area contributed by atoms with Crippen LogP contribution in [0, 0.1) is 23.2 Å². The molecule has 4 aliphatic carbocycles. The molecule has 6 heteroatoms. The molecule has 152 valence electrons. The van der Waals surface area contributed by atoms with Crippen LogP contribution in [0.5, 0.6) is 0 Å². The molecule has 0 saturated heterocycles. The molecule has 5 nitrogen and oxygen atoms in total. The molecule has 4 fully saturated rings. The van der Waals surface area contributed by atoms with Crippen LogP contribution in [0.3, 0.4) is 0 Å². The van der Waals surface area contributed by atoms with Crippen molar-refractivity contribution in [2.24, 2.45) is 23.2 Å². The van der Waals surface area contributed by atoms with Gasteiger partial charge in [0.25, 0.3) is 0 Å². The van der Waals surface area contributed by atoms with Gasteiger partial charge < -0.3 is 10.6 Å². The Morgan fingerprint density at radius 1 is 1.03 bits per heavy atom. The zero-order valence-electron chi connectivity index (χ0n) is 16.7. The van der Waals surface area contributed by atoms with Gasteiger partial charge in [-0.1, -0.05) is 12.1 Å². The third-order valence-electron chi connectivity index (χ3n) is 6.95. The molecule has 0 spiro atoms. The van der Waals surface area contributed by atoms with Crippen molar-refractivity contribution in [2.75, 3.05) is 10.6 Å².